The van der Waals surface area contributed by atoms with E-state index < -0.39 is 5.97 Å². The van der Waals surface area contributed by atoms with Crippen LogP contribution in [0.2, 0.25) is 10.0 Å². The lowest BCUT2D eigenvalue weighted by Crippen LogP contribution is -2.45. The molecule has 0 radical (unpaired) electrons. The minimum atomic E-state index is -1.01. The average molecular weight is 584 g/mol. The second kappa shape index (κ2) is 11.2. The number of amides is 1. The Bertz CT molecular complexity index is 1730. The largest absolute Gasteiger partial charge is 0.478 e. The number of aromatic carboxylic acids is 1. The molecule has 2 heterocycles. The molecule has 0 unspecified atom stereocenters. The topological polar surface area (TPSA) is 83.0 Å². The molecule has 7 nitrogen and oxygen atoms in total. The number of aromatic nitrogens is 1. The van der Waals surface area contributed by atoms with Crippen LogP contribution in [0.4, 0.5) is 11.4 Å². The van der Waals surface area contributed by atoms with Crippen LogP contribution < -0.4 is 14.5 Å². The highest BCUT2D eigenvalue weighted by Gasteiger charge is 2.36. The van der Waals surface area contributed by atoms with E-state index in [0.717, 1.165) is 17.9 Å². The van der Waals surface area contributed by atoms with Gasteiger partial charge in [-0.1, -0.05) is 47.2 Å². The van der Waals surface area contributed by atoms with Crippen LogP contribution in [0.5, 0.6) is 11.6 Å². The number of ether oxygens (including phenoxy) is 1. The van der Waals surface area contributed by atoms with Crippen LogP contribution in [0.1, 0.15) is 44.7 Å². The van der Waals surface area contributed by atoms with E-state index >= 15 is 0 Å². The Kier molecular flexibility index (Phi) is 7.27. The zero-order valence-corrected chi connectivity index (χ0v) is 23.2. The van der Waals surface area contributed by atoms with Crippen LogP contribution in [0, 0.1) is 11.8 Å². The molecular weight excluding hydrogens is 561 g/mol. The summed E-state index contributed by atoms with van der Waals surface area (Å²) in [5.41, 5.74) is 3.50. The van der Waals surface area contributed by atoms with Crippen molar-refractivity contribution in [2.45, 2.75) is 18.9 Å². The summed E-state index contributed by atoms with van der Waals surface area (Å²) in [4.78, 5) is 33.4. The number of fused-ring (bicyclic) bond motifs is 1. The van der Waals surface area contributed by atoms with Crippen LogP contribution in [-0.2, 0) is 0 Å². The van der Waals surface area contributed by atoms with Gasteiger partial charge in [0, 0.05) is 42.5 Å². The molecule has 6 rings (SSSR count). The van der Waals surface area contributed by atoms with E-state index in [9.17, 15) is 9.59 Å². The number of hydrogen-bond acceptors (Lipinski definition) is 5. The van der Waals surface area contributed by atoms with Crippen molar-refractivity contribution < 1.29 is 19.4 Å². The number of hydrogen-bond donors (Lipinski definition) is 1. The van der Waals surface area contributed by atoms with Gasteiger partial charge in [0.15, 0.2) is 0 Å². The number of carboxylic acids is 1. The first-order valence-electron chi connectivity index (χ1n) is 13.0. The van der Waals surface area contributed by atoms with Gasteiger partial charge in [-0.3, -0.25) is 4.79 Å². The number of carbonyl (C=O) groups excluding carboxylic acids is 1. The van der Waals surface area contributed by atoms with Gasteiger partial charge in [-0.25, -0.2) is 9.78 Å². The first-order valence-corrected chi connectivity index (χ1v) is 13.8. The highest BCUT2D eigenvalue weighted by Crippen LogP contribution is 2.41. The molecule has 3 aromatic carbocycles. The average Bonchev–Trinajstić information content (AvgIpc) is 3.83. The summed E-state index contributed by atoms with van der Waals surface area (Å²) in [5.74, 6) is 5.05. The van der Waals surface area contributed by atoms with Gasteiger partial charge in [-0.15, -0.1) is 0 Å². The second-order valence-electron chi connectivity index (χ2n) is 9.72. The maximum absolute atomic E-state index is 13.8. The molecule has 204 valence electrons. The van der Waals surface area contributed by atoms with E-state index in [2.05, 4.69) is 27.8 Å². The maximum atomic E-state index is 13.8. The van der Waals surface area contributed by atoms with Crippen LogP contribution in [-0.4, -0.2) is 41.1 Å². The highest BCUT2D eigenvalue weighted by molar-refractivity contribution is 6.35. The lowest BCUT2D eigenvalue weighted by molar-refractivity contribution is 0.0696. The third-order valence-electron chi connectivity index (χ3n) is 6.98. The fourth-order valence-corrected chi connectivity index (χ4v) is 5.19. The SMILES string of the molecule is O=C(O)c1ccc(C#Cc2cc(Cl)c(Oc3ncccc3C(=O)N3CCN(C4CC4)c4ccccc43)cc2Cl)cc1. The third kappa shape index (κ3) is 5.58. The van der Waals surface area contributed by atoms with Crippen molar-refractivity contribution in [3.8, 4) is 23.5 Å². The smallest absolute Gasteiger partial charge is 0.335 e. The highest BCUT2D eigenvalue weighted by atomic mass is 35.5. The predicted molar refractivity (Wildman–Crippen MR) is 159 cm³/mol. The first-order chi connectivity index (χ1) is 19.9. The lowest BCUT2D eigenvalue weighted by Gasteiger charge is -2.38. The fraction of sp³-hybridized carbons (Fsp3) is 0.156. The normalized spacial score (nSPS) is 14.1. The Labute approximate surface area is 246 Å². The molecule has 1 aliphatic carbocycles. The van der Waals surface area contributed by atoms with Crippen LogP contribution in [0.25, 0.3) is 0 Å². The predicted octanol–water partition coefficient (Wildman–Crippen LogP) is 6.91. The molecule has 1 aromatic heterocycles. The number of para-hydroxylation sites is 2. The van der Waals surface area contributed by atoms with E-state index in [-0.39, 0.29) is 28.1 Å². The van der Waals surface area contributed by atoms with Crippen molar-refractivity contribution >= 4 is 46.5 Å². The molecule has 0 bridgehead atoms. The number of halogens is 2. The molecule has 1 saturated carbocycles. The summed E-state index contributed by atoms with van der Waals surface area (Å²) in [7, 11) is 0. The van der Waals surface area contributed by atoms with E-state index in [4.69, 9.17) is 33.0 Å². The number of rotatable bonds is 5. The Morgan fingerprint density at radius 2 is 1.66 bits per heavy atom. The molecule has 41 heavy (non-hydrogen) atoms. The summed E-state index contributed by atoms with van der Waals surface area (Å²) in [5, 5.41) is 9.60. The zero-order chi connectivity index (χ0) is 28.5. The van der Waals surface area contributed by atoms with Crippen molar-refractivity contribution in [1.29, 1.82) is 0 Å². The van der Waals surface area contributed by atoms with E-state index in [1.54, 1.807) is 41.4 Å². The van der Waals surface area contributed by atoms with Gasteiger partial charge in [0.05, 0.1) is 27.0 Å². The van der Waals surface area contributed by atoms with Gasteiger partial charge in [-0.05, 0) is 67.4 Å². The monoisotopic (exact) mass is 583 g/mol. The second-order valence-corrected chi connectivity index (χ2v) is 10.5. The molecule has 1 fully saturated rings. The van der Waals surface area contributed by atoms with Crippen molar-refractivity contribution in [3.05, 3.63) is 111 Å². The molecule has 2 aliphatic rings. The van der Waals surface area contributed by atoms with Gasteiger partial charge in [0.2, 0.25) is 5.88 Å². The Hall–Kier alpha value is -4.51. The Morgan fingerprint density at radius 3 is 2.39 bits per heavy atom. The van der Waals surface area contributed by atoms with Gasteiger partial charge < -0.3 is 19.6 Å². The zero-order valence-electron chi connectivity index (χ0n) is 21.7. The van der Waals surface area contributed by atoms with Crippen molar-refractivity contribution in [2.75, 3.05) is 22.9 Å². The Balaban J connectivity index is 1.25. The van der Waals surface area contributed by atoms with Crippen LogP contribution >= 0.6 is 23.2 Å². The van der Waals surface area contributed by atoms with Crippen molar-refractivity contribution in [2.24, 2.45) is 0 Å². The third-order valence-corrected chi connectivity index (χ3v) is 7.59. The van der Waals surface area contributed by atoms with E-state index in [1.807, 2.05) is 18.2 Å². The van der Waals surface area contributed by atoms with E-state index in [1.165, 1.54) is 31.0 Å². The molecule has 1 aliphatic heterocycles. The first kappa shape index (κ1) is 26.7. The van der Waals surface area contributed by atoms with Gasteiger partial charge in [0.1, 0.15) is 11.3 Å². The maximum Gasteiger partial charge on any atom is 0.335 e. The quantitative estimate of drug-likeness (QED) is 0.257. The van der Waals surface area contributed by atoms with Gasteiger partial charge in [-0.2, -0.15) is 0 Å². The summed E-state index contributed by atoms with van der Waals surface area (Å²) < 4.78 is 6.05. The standard InChI is InChI=1S/C32H23Cl2N3O4/c33-25-19-29(26(34)18-22(25)12-9-20-7-10-21(11-8-20)32(39)40)41-30-24(4-3-15-35-30)31(38)37-17-16-36(23-13-14-23)27-5-1-2-6-28(27)37/h1-8,10-11,15,18-19,23H,13-14,16-17H2,(H,39,40). The molecule has 9 heteroatoms. The molecular formula is C32H23Cl2N3O4. The molecule has 0 atom stereocenters. The Morgan fingerprint density at radius 1 is 0.902 bits per heavy atom. The number of nitrogens with zero attached hydrogens (tertiary/aromatic N) is 3. The number of pyridine rings is 1. The molecule has 1 amide bonds. The number of benzene rings is 3. The summed E-state index contributed by atoms with van der Waals surface area (Å²) in [6.45, 7) is 1.32. The minimum absolute atomic E-state index is 0.120. The lowest BCUT2D eigenvalue weighted by atomic mass is 10.1. The fourth-order valence-electron chi connectivity index (χ4n) is 4.78. The number of anilines is 2. The summed E-state index contributed by atoms with van der Waals surface area (Å²) >= 11 is 13.0. The number of carboxylic acid groups (broad SMARTS) is 1. The van der Waals surface area contributed by atoms with Gasteiger partial charge in [0.25, 0.3) is 5.91 Å². The molecule has 4 aromatic rings. The van der Waals surface area contributed by atoms with Crippen LogP contribution in [0.15, 0.2) is 79.0 Å². The van der Waals surface area contributed by atoms with Crippen molar-refractivity contribution in [1.82, 2.24) is 4.98 Å². The van der Waals surface area contributed by atoms with Crippen molar-refractivity contribution in [3.63, 3.8) is 0 Å². The summed E-state index contributed by atoms with van der Waals surface area (Å²) in [6.07, 6.45) is 3.91. The number of carbonyl (C=O) groups is 2. The van der Waals surface area contributed by atoms with E-state index in [0.29, 0.717) is 34.3 Å². The molecule has 0 spiro atoms. The minimum Gasteiger partial charge on any atom is -0.478 e. The molecule has 1 N–H and O–H groups in total. The van der Waals surface area contributed by atoms with Gasteiger partial charge >= 0.3 is 5.97 Å². The molecule has 0 saturated heterocycles. The van der Waals surface area contributed by atoms with Crippen LogP contribution in [0.3, 0.4) is 0 Å². The summed E-state index contributed by atoms with van der Waals surface area (Å²) in [6, 6.07) is 21.2.